The van der Waals surface area contributed by atoms with E-state index in [2.05, 4.69) is 0 Å². The fraction of sp³-hybridized carbons (Fsp3) is 0.800. The highest BCUT2D eigenvalue weighted by molar-refractivity contribution is 7.99. The highest BCUT2D eigenvalue weighted by Gasteiger charge is 2.33. The first-order valence-electron chi connectivity index (χ1n) is 5.38. The Morgan fingerprint density at radius 1 is 1.62 bits per heavy atom. The number of thioether (sulfide) groups is 1. The van der Waals surface area contributed by atoms with Gasteiger partial charge in [0.1, 0.15) is 6.04 Å². The van der Waals surface area contributed by atoms with Crippen LogP contribution in [0.1, 0.15) is 26.2 Å². The van der Waals surface area contributed by atoms with Crippen LogP contribution in [0.15, 0.2) is 0 Å². The first-order valence-corrected chi connectivity index (χ1v) is 6.53. The molecule has 5 nitrogen and oxygen atoms in total. The lowest BCUT2D eigenvalue weighted by atomic mass is 10.1. The van der Waals surface area contributed by atoms with Crippen LogP contribution in [0, 0.1) is 0 Å². The van der Waals surface area contributed by atoms with Gasteiger partial charge in [0.25, 0.3) is 0 Å². The number of hydrogen-bond acceptors (Lipinski definition) is 4. The number of aliphatic carboxylic acids is 1. The molecule has 1 heterocycles. The Labute approximate surface area is 99.4 Å². The third-order valence-electron chi connectivity index (χ3n) is 2.54. The molecule has 0 bridgehead atoms. The van der Waals surface area contributed by atoms with E-state index < -0.39 is 12.0 Å². The summed E-state index contributed by atoms with van der Waals surface area (Å²) < 4.78 is 0. The molecule has 0 aromatic rings. The minimum atomic E-state index is -0.912. The summed E-state index contributed by atoms with van der Waals surface area (Å²) in [6.07, 6.45) is 1.92. The molecule has 0 aromatic carbocycles. The molecule has 0 spiro atoms. The van der Waals surface area contributed by atoms with E-state index >= 15 is 0 Å². The van der Waals surface area contributed by atoms with Crippen molar-refractivity contribution in [3.8, 4) is 0 Å². The molecule has 0 aromatic heterocycles. The van der Waals surface area contributed by atoms with Crippen molar-refractivity contribution in [1.29, 1.82) is 0 Å². The minimum Gasteiger partial charge on any atom is -0.480 e. The molecular weight excluding hydrogens is 228 g/mol. The third-order valence-corrected chi connectivity index (χ3v) is 3.55. The Balaban J connectivity index is 2.38. The highest BCUT2D eigenvalue weighted by Crippen LogP contribution is 2.22. The van der Waals surface area contributed by atoms with Crippen molar-refractivity contribution in [2.75, 3.05) is 11.6 Å². The zero-order valence-electron chi connectivity index (χ0n) is 9.39. The summed E-state index contributed by atoms with van der Waals surface area (Å²) in [5.74, 6) is 0.00565. The topological polar surface area (TPSA) is 83.6 Å². The Kier molecular flexibility index (Phi) is 5.08. The molecular formula is C10H18N2O3S. The maximum atomic E-state index is 11.8. The summed E-state index contributed by atoms with van der Waals surface area (Å²) in [4.78, 5) is 24.1. The lowest BCUT2D eigenvalue weighted by molar-refractivity contribution is -0.147. The summed E-state index contributed by atoms with van der Waals surface area (Å²) in [6, 6.07) is -0.552. The standard InChI is InChI=1S/C10H18N2O3S/c1-7(11)3-2-4-9(13)12-6-16-5-8(12)10(14)15/h7-8H,2-6,11H2,1H3,(H,14,15). The molecule has 2 unspecified atom stereocenters. The van der Waals surface area contributed by atoms with E-state index in [0.717, 1.165) is 12.8 Å². The van der Waals surface area contributed by atoms with Crippen LogP contribution < -0.4 is 5.73 Å². The van der Waals surface area contributed by atoms with Crippen molar-refractivity contribution in [3.05, 3.63) is 0 Å². The third kappa shape index (κ3) is 3.68. The fourth-order valence-corrected chi connectivity index (χ4v) is 2.78. The van der Waals surface area contributed by atoms with Crippen molar-refractivity contribution in [1.82, 2.24) is 4.90 Å². The zero-order valence-corrected chi connectivity index (χ0v) is 10.2. The summed E-state index contributed by atoms with van der Waals surface area (Å²) in [6.45, 7) is 1.90. The zero-order chi connectivity index (χ0) is 12.1. The first kappa shape index (κ1) is 13.3. The van der Waals surface area contributed by atoms with Crippen molar-refractivity contribution in [2.24, 2.45) is 5.73 Å². The van der Waals surface area contributed by atoms with Gasteiger partial charge in [-0.05, 0) is 19.8 Å². The van der Waals surface area contributed by atoms with Crippen molar-refractivity contribution in [3.63, 3.8) is 0 Å². The minimum absolute atomic E-state index is 0.0712. The average Bonchev–Trinajstić information content (AvgIpc) is 2.65. The molecule has 0 aliphatic carbocycles. The number of hydrogen-bond donors (Lipinski definition) is 2. The van der Waals surface area contributed by atoms with Crippen LogP contribution in [0.3, 0.4) is 0 Å². The number of carbonyl (C=O) groups is 2. The van der Waals surface area contributed by atoms with Crippen LogP contribution >= 0.6 is 11.8 Å². The van der Waals surface area contributed by atoms with Crippen LogP contribution in [0.2, 0.25) is 0 Å². The van der Waals surface area contributed by atoms with Gasteiger partial charge in [0.2, 0.25) is 5.91 Å². The van der Waals surface area contributed by atoms with Crippen molar-refractivity contribution >= 4 is 23.6 Å². The molecule has 0 saturated carbocycles. The van der Waals surface area contributed by atoms with Gasteiger partial charge in [0.15, 0.2) is 0 Å². The van der Waals surface area contributed by atoms with Gasteiger partial charge in [-0.2, -0.15) is 0 Å². The van der Waals surface area contributed by atoms with E-state index in [1.54, 1.807) is 0 Å². The van der Waals surface area contributed by atoms with Crippen LogP contribution in [-0.2, 0) is 9.59 Å². The van der Waals surface area contributed by atoms with Crippen molar-refractivity contribution in [2.45, 2.75) is 38.3 Å². The van der Waals surface area contributed by atoms with Crippen LogP contribution in [0.5, 0.6) is 0 Å². The Hall–Kier alpha value is -0.750. The molecule has 2 atom stereocenters. The summed E-state index contributed by atoms with van der Waals surface area (Å²) in [5, 5.41) is 8.92. The molecule has 1 aliphatic rings. The summed E-state index contributed by atoms with van der Waals surface area (Å²) in [7, 11) is 0. The second-order valence-electron chi connectivity index (χ2n) is 4.09. The normalized spacial score (nSPS) is 22.1. The van der Waals surface area contributed by atoms with E-state index in [1.165, 1.54) is 16.7 Å². The quantitative estimate of drug-likeness (QED) is 0.737. The van der Waals surface area contributed by atoms with Crippen LogP contribution in [-0.4, -0.2) is 45.6 Å². The number of amides is 1. The van der Waals surface area contributed by atoms with Crippen LogP contribution in [0.4, 0.5) is 0 Å². The molecule has 1 saturated heterocycles. The number of nitrogens with two attached hydrogens (primary N) is 1. The van der Waals surface area contributed by atoms with Gasteiger partial charge < -0.3 is 15.7 Å². The Morgan fingerprint density at radius 3 is 2.88 bits per heavy atom. The Morgan fingerprint density at radius 2 is 2.31 bits per heavy atom. The number of rotatable bonds is 5. The lowest BCUT2D eigenvalue weighted by Gasteiger charge is -2.20. The highest BCUT2D eigenvalue weighted by atomic mass is 32.2. The molecule has 6 heteroatoms. The maximum absolute atomic E-state index is 11.8. The predicted molar refractivity (Wildman–Crippen MR) is 63.1 cm³/mol. The van der Waals surface area contributed by atoms with Gasteiger partial charge in [-0.3, -0.25) is 4.79 Å². The van der Waals surface area contributed by atoms with E-state index in [9.17, 15) is 9.59 Å². The van der Waals surface area contributed by atoms with Gasteiger partial charge in [-0.25, -0.2) is 4.79 Å². The molecule has 16 heavy (non-hydrogen) atoms. The largest absolute Gasteiger partial charge is 0.480 e. The van der Waals surface area contributed by atoms with E-state index in [1.807, 2.05) is 6.92 Å². The van der Waals surface area contributed by atoms with Gasteiger partial charge >= 0.3 is 5.97 Å². The second kappa shape index (κ2) is 6.10. The summed E-state index contributed by atoms with van der Waals surface area (Å²) in [5.41, 5.74) is 5.58. The fourth-order valence-electron chi connectivity index (χ4n) is 1.61. The van der Waals surface area contributed by atoms with E-state index in [0.29, 0.717) is 18.1 Å². The van der Waals surface area contributed by atoms with Gasteiger partial charge in [-0.15, -0.1) is 11.8 Å². The van der Waals surface area contributed by atoms with E-state index in [4.69, 9.17) is 10.8 Å². The monoisotopic (exact) mass is 246 g/mol. The molecule has 1 rings (SSSR count). The van der Waals surface area contributed by atoms with Crippen LogP contribution in [0.25, 0.3) is 0 Å². The predicted octanol–water partition coefficient (Wildman–Crippen LogP) is 0.490. The molecule has 92 valence electrons. The first-order chi connectivity index (χ1) is 7.52. The SMILES string of the molecule is CC(N)CCCC(=O)N1CSCC1C(=O)O. The summed E-state index contributed by atoms with van der Waals surface area (Å²) >= 11 is 1.49. The molecule has 1 amide bonds. The molecule has 3 N–H and O–H groups in total. The Bertz CT molecular complexity index is 271. The molecule has 1 fully saturated rings. The van der Waals surface area contributed by atoms with E-state index in [-0.39, 0.29) is 11.9 Å². The van der Waals surface area contributed by atoms with Gasteiger partial charge in [0.05, 0.1) is 5.88 Å². The number of carboxylic acids is 1. The molecule has 1 aliphatic heterocycles. The molecule has 0 radical (unpaired) electrons. The number of carboxylic acid groups (broad SMARTS) is 1. The van der Waals surface area contributed by atoms with Gasteiger partial charge in [-0.1, -0.05) is 0 Å². The van der Waals surface area contributed by atoms with Gasteiger partial charge in [0, 0.05) is 18.2 Å². The number of carbonyl (C=O) groups excluding carboxylic acids is 1. The number of nitrogens with zero attached hydrogens (tertiary/aromatic N) is 1. The average molecular weight is 246 g/mol. The lowest BCUT2D eigenvalue weighted by Crippen LogP contribution is -2.41. The smallest absolute Gasteiger partial charge is 0.327 e. The maximum Gasteiger partial charge on any atom is 0.327 e. The second-order valence-corrected chi connectivity index (χ2v) is 5.09. The van der Waals surface area contributed by atoms with Crippen molar-refractivity contribution < 1.29 is 14.7 Å².